The number of aryl methyl sites for hydroxylation is 2. The number of hydrogen-bond acceptors (Lipinski definition) is 5. The van der Waals surface area contributed by atoms with Gasteiger partial charge in [-0.3, -0.25) is 9.59 Å². The van der Waals surface area contributed by atoms with Crippen LogP contribution >= 0.6 is 0 Å². The van der Waals surface area contributed by atoms with Gasteiger partial charge in [-0.25, -0.2) is 4.98 Å². The van der Waals surface area contributed by atoms with Crippen molar-refractivity contribution in [2.75, 3.05) is 13.2 Å². The SMILES string of the molecule is CCCOc1cccc(C2C(=C(O)c3ccc(C)cc3)C(=O)C(=O)N2CCCn2ccnc2)c1. The molecular weight excluding hydrogens is 430 g/mol. The molecule has 1 saturated heterocycles. The number of aliphatic hydroxyl groups is 1. The fraction of sp³-hybridized carbons (Fsp3) is 0.296. The van der Waals surface area contributed by atoms with E-state index in [9.17, 15) is 14.7 Å². The summed E-state index contributed by atoms with van der Waals surface area (Å²) in [5.74, 6) is -0.784. The lowest BCUT2D eigenvalue weighted by atomic mass is 9.95. The first-order valence-corrected chi connectivity index (χ1v) is 11.5. The monoisotopic (exact) mass is 459 g/mol. The van der Waals surface area contributed by atoms with Crippen molar-refractivity contribution in [3.8, 4) is 5.75 Å². The summed E-state index contributed by atoms with van der Waals surface area (Å²) in [5.41, 5.74) is 2.37. The molecule has 2 aromatic carbocycles. The maximum atomic E-state index is 13.2. The Morgan fingerprint density at radius 2 is 1.91 bits per heavy atom. The predicted molar refractivity (Wildman–Crippen MR) is 129 cm³/mol. The summed E-state index contributed by atoms with van der Waals surface area (Å²) in [6.45, 7) is 5.56. The summed E-state index contributed by atoms with van der Waals surface area (Å²) in [6, 6.07) is 14.0. The van der Waals surface area contributed by atoms with Crippen LogP contribution in [0.1, 0.15) is 42.5 Å². The lowest BCUT2D eigenvalue weighted by Crippen LogP contribution is -2.31. The largest absolute Gasteiger partial charge is 0.507 e. The highest BCUT2D eigenvalue weighted by Gasteiger charge is 2.45. The first-order chi connectivity index (χ1) is 16.5. The zero-order chi connectivity index (χ0) is 24.1. The van der Waals surface area contributed by atoms with Crippen molar-refractivity contribution in [1.82, 2.24) is 14.5 Å². The molecule has 0 aliphatic carbocycles. The van der Waals surface area contributed by atoms with Crippen LogP contribution in [0.5, 0.6) is 5.75 Å². The molecule has 1 aromatic heterocycles. The average Bonchev–Trinajstić information content (AvgIpc) is 3.45. The van der Waals surface area contributed by atoms with Crippen molar-refractivity contribution >= 4 is 17.4 Å². The molecule has 1 unspecified atom stereocenters. The second kappa shape index (κ2) is 10.4. The van der Waals surface area contributed by atoms with Crippen LogP contribution in [0.2, 0.25) is 0 Å². The molecule has 1 N–H and O–H groups in total. The highest BCUT2D eigenvalue weighted by atomic mass is 16.5. The number of amides is 1. The van der Waals surface area contributed by atoms with Crippen molar-refractivity contribution in [2.45, 2.75) is 39.3 Å². The Hall–Kier alpha value is -3.87. The molecule has 34 heavy (non-hydrogen) atoms. The van der Waals surface area contributed by atoms with Crippen LogP contribution in [0.3, 0.4) is 0 Å². The molecule has 1 atom stereocenters. The number of carbonyl (C=O) groups excluding carboxylic acids is 2. The summed E-state index contributed by atoms with van der Waals surface area (Å²) in [5, 5.41) is 11.2. The van der Waals surface area contributed by atoms with Gasteiger partial charge < -0.3 is 19.3 Å². The maximum absolute atomic E-state index is 13.2. The first-order valence-electron chi connectivity index (χ1n) is 11.5. The van der Waals surface area contributed by atoms with Crippen LogP contribution in [0.4, 0.5) is 0 Å². The van der Waals surface area contributed by atoms with Gasteiger partial charge in [0.05, 0.1) is 24.5 Å². The van der Waals surface area contributed by atoms with Crippen LogP contribution in [0.15, 0.2) is 72.8 Å². The Balaban J connectivity index is 1.73. The first kappa shape index (κ1) is 23.3. The minimum atomic E-state index is -0.700. The summed E-state index contributed by atoms with van der Waals surface area (Å²) < 4.78 is 7.72. The molecule has 0 radical (unpaired) electrons. The molecule has 7 nitrogen and oxygen atoms in total. The topological polar surface area (TPSA) is 84.7 Å². The molecule has 0 saturated carbocycles. The number of aromatic nitrogens is 2. The molecule has 1 amide bonds. The number of carbonyl (C=O) groups is 2. The summed E-state index contributed by atoms with van der Waals surface area (Å²) >= 11 is 0. The van der Waals surface area contributed by atoms with E-state index >= 15 is 0 Å². The number of aliphatic hydroxyl groups excluding tert-OH is 1. The van der Waals surface area contributed by atoms with Crippen molar-refractivity contribution in [2.24, 2.45) is 0 Å². The Morgan fingerprint density at radius 3 is 2.62 bits per heavy atom. The molecule has 0 bridgehead atoms. The fourth-order valence-corrected chi connectivity index (χ4v) is 4.16. The van der Waals surface area contributed by atoms with Crippen molar-refractivity contribution < 1.29 is 19.4 Å². The minimum absolute atomic E-state index is 0.101. The van der Waals surface area contributed by atoms with Gasteiger partial charge in [0.1, 0.15) is 11.5 Å². The predicted octanol–water partition coefficient (Wildman–Crippen LogP) is 4.49. The molecule has 4 rings (SSSR count). The van der Waals surface area contributed by atoms with E-state index in [1.54, 1.807) is 29.6 Å². The lowest BCUT2D eigenvalue weighted by Gasteiger charge is -2.26. The normalized spacial score (nSPS) is 17.4. The third-order valence-electron chi connectivity index (χ3n) is 5.89. The van der Waals surface area contributed by atoms with Crippen molar-refractivity contribution in [3.63, 3.8) is 0 Å². The number of benzene rings is 2. The molecule has 0 spiro atoms. The second-order valence-electron chi connectivity index (χ2n) is 8.43. The van der Waals surface area contributed by atoms with Crippen molar-refractivity contribution in [1.29, 1.82) is 0 Å². The number of hydrogen-bond donors (Lipinski definition) is 1. The molecule has 1 fully saturated rings. The number of imidazole rings is 1. The number of ketones is 1. The van der Waals surface area contributed by atoms with E-state index in [0.717, 1.165) is 17.5 Å². The molecule has 1 aliphatic heterocycles. The van der Waals surface area contributed by atoms with E-state index in [2.05, 4.69) is 4.98 Å². The molecule has 1 aliphatic rings. The van der Waals surface area contributed by atoms with Gasteiger partial charge in [-0.1, -0.05) is 48.9 Å². The Bertz CT molecular complexity index is 1180. The van der Waals surface area contributed by atoms with Gasteiger partial charge in [-0.2, -0.15) is 0 Å². The number of nitrogens with zero attached hydrogens (tertiary/aromatic N) is 3. The van der Waals surface area contributed by atoms with Crippen LogP contribution in [-0.4, -0.2) is 44.4 Å². The zero-order valence-corrected chi connectivity index (χ0v) is 19.5. The molecule has 7 heteroatoms. The van der Waals surface area contributed by atoms with Gasteiger partial charge in [0.2, 0.25) is 0 Å². The number of rotatable bonds is 9. The van der Waals surface area contributed by atoms with E-state index in [1.165, 1.54) is 0 Å². The highest BCUT2D eigenvalue weighted by molar-refractivity contribution is 6.46. The fourth-order valence-electron chi connectivity index (χ4n) is 4.16. The third-order valence-corrected chi connectivity index (χ3v) is 5.89. The van der Waals surface area contributed by atoms with E-state index in [4.69, 9.17) is 4.74 Å². The van der Waals surface area contributed by atoms with Gasteiger partial charge in [0.25, 0.3) is 11.7 Å². The van der Waals surface area contributed by atoms with Gasteiger partial charge in [-0.15, -0.1) is 0 Å². The third kappa shape index (κ3) is 4.88. The highest BCUT2D eigenvalue weighted by Crippen LogP contribution is 2.40. The standard InChI is InChI=1S/C27H29N3O4/c1-3-16-34-22-7-4-6-21(17-22)24-23(25(31)20-10-8-19(2)9-11-20)26(32)27(33)30(24)14-5-13-29-15-12-28-18-29/h4,6-12,15,17-18,24,31H,3,5,13-14,16H2,1-2H3. The van der Waals surface area contributed by atoms with E-state index in [1.807, 2.05) is 61.0 Å². The lowest BCUT2D eigenvalue weighted by molar-refractivity contribution is -0.139. The number of Topliss-reactive ketones (excluding diaryl/α,β-unsaturated/α-hetero) is 1. The average molecular weight is 460 g/mol. The maximum Gasteiger partial charge on any atom is 0.295 e. The van der Waals surface area contributed by atoms with Crippen molar-refractivity contribution in [3.05, 3.63) is 89.5 Å². The Kier molecular flexibility index (Phi) is 7.11. The van der Waals surface area contributed by atoms with Crippen LogP contribution in [0, 0.1) is 6.92 Å². The molecular formula is C27H29N3O4. The molecule has 3 aromatic rings. The summed E-state index contributed by atoms with van der Waals surface area (Å²) in [4.78, 5) is 31.9. The zero-order valence-electron chi connectivity index (χ0n) is 19.5. The number of ether oxygens (including phenoxy) is 1. The van der Waals surface area contributed by atoms with E-state index < -0.39 is 17.7 Å². The smallest absolute Gasteiger partial charge is 0.295 e. The van der Waals surface area contributed by atoms with Gasteiger partial charge in [0.15, 0.2) is 0 Å². The Labute approximate surface area is 199 Å². The molecule has 2 heterocycles. The van der Waals surface area contributed by atoms with Crippen LogP contribution < -0.4 is 4.74 Å². The van der Waals surface area contributed by atoms with E-state index in [-0.39, 0.29) is 11.3 Å². The summed E-state index contributed by atoms with van der Waals surface area (Å²) in [7, 11) is 0. The minimum Gasteiger partial charge on any atom is -0.507 e. The second-order valence-corrected chi connectivity index (χ2v) is 8.43. The van der Waals surface area contributed by atoms with Gasteiger partial charge in [0, 0.05) is 31.0 Å². The molecule has 176 valence electrons. The Morgan fingerprint density at radius 1 is 1.12 bits per heavy atom. The van der Waals surface area contributed by atoms with Crippen LogP contribution in [0.25, 0.3) is 5.76 Å². The quantitative estimate of drug-likeness (QED) is 0.289. The number of likely N-dealkylation sites (tertiary alicyclic amines) is 1. The van der Waals surface area contributed by atoms with Gasteiger partial charge in [-0.05, 0) is 37.5 Å². The van der Waals surface area contributed by atoms with Crippen LogP contribution in [-0.2, 0) is 16.1 Å². The summed E-state index contributed by atoms with van der Waals surface area (Å²) in [6.07, 6.45) is 6.78. The van der Waals surface area contributed by atoms with Gasteiger partial charge >= 0.3 is 0 Å². The van der Waals surface area contributed by atoms with E-state index in [0.29, 0.717) is 37.4 Å².